The molecule has 1 aromatic heterocycles. The first-order chi connectivity index (χ1) is 13.7. The van der Waals surface area contributed by atoms with Gasteiger partial charge in [-0.3, -0.25) is 10.3 Å². The summed E-state index contributed by atoms with van der Waals surface area (Å²) in [7, 11) is -4.21. The molecule has 3 N–H and O–H groups in total. The fourth-order valence-electron chi connectivity index (χ4n) is 3.79. The molecule has 3 rings (SSSR count). The molecular weight excluding hydrogens is 418 g/mol. The third kappa shape index (κ3) is 3.86. The molecule has 2 atom stereocenters. The van der Waals surface area contributed by atoms with E-state index in [1.54, 1.807) is 20.8 Å². The average molecular weight is 445 g/mol. The highest BCUT2D eigenvalue weighted by Crippen LogP contribution is 2.50. The molecule has 2 heterocycles. The lowest BCUT2D eigenvalue weighted by atomic mass is 9.93. The van der Waals surface area contributed by atoms with Gasteiger partial charge in [0.25, 0.3) is 0 Å². The molecule has 8 nitrogen and oxygen atoms in total. The molecule has 11 heteroatoms. The van der Waals surface area contributed by atoms with Crippen LogP contribution in [0.4, 0.5) is 19.3 Å². The number of sulfone groups is 1. The van der Waals surface area contributed by atoms with Gasteiger partial charge in [0.05, 0.1) is 17.6 Å². The number of anilines is 1. The fraction of sp³-hybridized carbons (Fsp3) is 0.632. The van der Waals surface area contributed by atoms with E-state index in [1.807, 2.05) is 0 Å². The Bertz CT molecular complexity index is 1000. The number of amides is 1. The van der Waals surface area contributed by atoms with E-state index in [2.05, 4.69) is 15.3 Å². The summed E-state index contributed by atoms with van der Waals surface area (Å²) in [5.74, 6) is -2.50. The first kappa shape index (κ1) is 22.4. The Morgan fingerprint density at radius 2 is 2.03 bits per heavy atom. The molecule has 0 bridgehead atoms. The van der Waals surface area contributed by atoms with Crippen molar-refractivity contribution in [3.05, 3.63) is 23.8 Å². The first-order valence-electron chi connectivity index (χ1n) is 9.54. The van der Waals surface area contributed by atoms with E-state index in [1.165, 1.54) is 13.0 Å². The van der Waals surface area contributed by atoms with E-state index >= 15 is 0 Å². The van der Waals surface area contributed by atoms with Crippen molar-refractivity contribution in [2.75, 3.05) is 18.2 Å². The first-order valence-corrected chi connectivity index (χ1v) is 11.2. The molecule has 0 spiro atoms. The van der Waals surface area contributed by atoms with E-state index in [0.29, 0.717) is 12.8 Å². The molecule has 0 aromatic carbocycles. The molecule has 0 saturated heterocycles. The SMILES string of the molecule is CC(C)(C)OC(=O)NC1=N[C@](C)(c2cc(N)cnc2F)CS(=O)(=O)[C@@]1(CF)C1CC1. The van der Waals surface area contributed by atoms with Gasteiger partial charge in [0.15, 0.2) is 14.6 Å². The highest BCUT2D eigenvalue weighted by molar-refractivity contribution is 7.93. The minimum absolute atomic E-state index is 0.117. The number of nitrogens with two attached hydrogens (primary N) is 1. The summed E-state index contributed by atoms with van der Waals surface area (Å²) >= 11 is 0. The van der Waals surface area contributed by atoms with Gasteiger partial charge in [-0.2, -0.15) is 4.39 Å². The number of carbonyl (C=O) groups excluding carboxylic acids is 1. The van der Waals surface area contributed by atoms with E-state index in [9.17, 15) is 22.0 Å². The summed E-state index contributed by atoms with van der Waals surface area (Å²) in [4.78, 5) is 20.3. The zero-order valence-corrected chi connectivity index (χ0v) is 18.1. The lowest BCUT2D eigenvalue weighted by Gasteiger charge is -2.41. The third-order valence-electron chi connectivity index (χ3n) is 5.28. The molecule has 166 valence electrons. The Morgan fingerprint density at radius 1 is 1.40 bits per heavy atom. The average Bonchev–Trinajstić information content (AvgIpc) is 3.40. The Kier molecular flexibility index (Phi) is 5.33. The van der Waals surface area contributed by atoms with Gasteiger partial charge in [0, 0.05) is 5.56 Å². The Labute approximate surface area is 174 Å². The molecule has 30 heavy (non-hydrogen) atoms. The minimum atomic E-state index is -4.21. The normalized spacial score (nSPS) is 28.5. The minimum Gasteiger partial charge on any atom is -0.444 e. The van der Waals surface area contributed by atoms with Crippen molar-refractivity contribution in [3.63, 3.8) is 0 Å². The molecule has 1 amide bonds. The van der Waals surface area contributed by atoms with Crippen molar-refractivity contribution in [1.29, 1.82) is 0 Å². The van der Waals surface area contributed by atoms with Gasteiger partial charge in [-0.05, 0) is 52.5 Å². The van der Waals surface area contributed by atoms with Gasteiger partial charge in [0.2, 0.25) is 5.95 Å². The number of alkyl carbamates (subject to hydrolysis) is 1. The van der Waals surface area contributed by atoms with E-state index in [-0.39, 0.29) is 17.1 Å². The van der Waals surface area contributed by atoms with Crippen LogP contribution in [0.5, 0.6) is 0 Å². The van der Waals surface area contributed by atoms with Crippen molar-refractivity contribution >= 4 is 27.5 Å². The van der Waals surface area contributed by atoms with Crippen LogP contribution in [0.2, 0.25) is 0 Å². The van der Waals surface area contributed by atoms with Crippen LogP contribution >= 0.6 is 0 Å². The summed E-state index contributed by atoms with van der Waals surface area (Å²) in [5.41, 5.74) is 3.13. The van der Waals surface area contributed by atoms with Crippen molar-refractivity contribution in [2.24, 2.45) is 10.9 Å². The van der Waals surface area contributed by atoms with E-state index in [4.69, 9.17) is 10.5 Å². The van der Waals surface area contributed by atoms with Gasteiger partial charge in [-0.15, -0.1) is 0 Å². The third-order valence-corrected chi connectivity index (χ3v) is 7.97. The number of amidine groups is 1. The van der Waals surface area contributed by atoms with Crippen LogP contribution in [-0.2, 0) is 20.1 Å². The number of hydrogen-bond acceptors (Lipinski definition) is 7. The second kappa shape index (κ2) is 7.14. The van der Waals surface area contributed by atoms with Gasteiger partial charge in [0.1, 0.15) is 23.7 Å². The summed E-state index contributed by atoms with van der Waals surface area (Å²) in [6, 6.07) is 1.24. The van der Waals surface area contributed by atoms with Crippen LogP contribution in [0, 0.1) is 11.9 Å². The Balaban J connectivity index is 2.17. The van der Waals surface area contributed by atoms with Crippen molar-refractivity contribution in [2.45, 2.75) is 56.4 Å². The standard InChI is InChI=1S/C19H26F2N4O4S/c1-17(2,3)29-16(26)24-15-19(9-20,11-5-6-11)30(27,28)10-18(4,25-15)13-7-12(22)8-23-14(13)21/h7-8,11H,5-6,9-10,22H2,1-4H3,(H,24,25,26)/t18-,19-/m0/s1. The Hall–Kier alpha value is -2.30. The number of aromatic nitrogens is 1. The summed E-state index contributed by atoms with van der Waals surface area (Å²) in [6.07, 6.45) is 1.08. The fourth-order valence-corrected chi connectivity index (χ4v) is 6.30. The smallest absolute Gasteiger partial charge is 0.413 e. The van der Waals surface area contributed by atoms with Crippen molar-refractivity contribution in [3.8, 4) is 0 Å². The monoisotopic (exact) mass is 444 g/mol. The predicted molar refractivity (Wildman–Crippen MR) is 108 cm³/mol. The number of nitrogens with one attached hydrogen (secondary N) is 1. The maximum atomic E-state index is 14.5. The number of rotatable bonds is 3. The Morgan fingerprint density at radius 3 is 2.57 bits per heavy atom. The van der Waals surface area contributed by atoms with Crippen LogP contribution in [0.15, 0.2) is 17.3 Å². The number of ether oxygens (including phenoxy) is 1. The van der Waals surface area contributed by atoms with Crippen molar-refractivity contribution in [1.82, 2.24) is 10.3 Å². The number of pyridine rings is 1. The number of hydrogen-bond donors (Lipinski definition) is 2. The summed E-state index contributed by atoms with van der Waals surface area (Å²) < 4.78 is 58.9. The van der Waals surface area contributed by atoms with Crippen LogP contribution in [0.1, 0.15) is 46.1 Å². The van der Waals surface area contributed by atoms with Gasteiger partial charge >= 0.3 is 6.09 Å². The molecule has 1 aliphatic carbocycles. The molecule has 2 aliphatic rings. The molecule has 1 aliphatic heterocycles. The van der Waals surface area contributed by atoms with Crippen LogP contribution in [0.25, 0.3) is 0 Å². The summed E-state index contributed by atoms with van der Waals surface area (Å²) in [6.45, 7) is 5.02. The molecule has 0 radical (unpaired) electrons. The molecule has 0 unspecified atom stereocenters. The zero-order chi connectivity index (χ0) is 22.5. The van der Waals surface area contributed by atoms with Crippen LogP contribution < -0.4 is 11.1 Å². The number of nitrogen functional groups attached to an aromatic ring is 1. The number of carbonyl (C=O) groups is 1. The van der Waals surface area contributed by atoms with Crippen LogP contribution in [-0.4, -0.2) is 48.1 Å². The number of halogens is 2. The van der Waals surface area contributed by atoms with Gasteiger partial charge in [-0.1, -0.05) is 0 Å². The predicted octanol–water partition coefficient (Wildman–Crippen LogP) is 2.49. The highest BCUT2D eigenvalue weighted by atomic mass is 32.2. The molecule has 1 aromatic rings. The van der Waals surface area contributed by atoms with E-state index < -0.39 is 56.1 Å². The molecule has 1 fully saturated rings. The number of alkyl halides is 1. The summed E-state index contributed by atoms with van der Waals surface area (Å²) in [5, 5.41) is 2.35. The highest BCUT2D eigenvalue weighted by Gasteiger charge is 2.63. The van der Waals surface area contributed by atoms with E-state index in [0.717, 1.165) is 6.20 Å². The van der Waals surface area contributed by atoms with Crippen molar-refractivity contribution < 1.29 is 26.7 Å². The topological polar surface area (TPSA) is 124 Å². The maximum absolute atomic E-state index is 14.5. The molecule has 1 saturated carbocycles. The lowest BCUT2D eigenvalue weighted by molar-refractivity contribution is 0.0560. The van der Waals surface area contributed by atoms with Gasteiger partial charge < -0.3 is 10.5 Å². The maximum Gasteiger partial charge on any atom is 0.413 e. The van der Waals surface area contributed by atoms with Gasteiger partial charge in [-0.25, -0.2) is 22.6 Å². The quantitative estimate of drug-likeness (QED) is 0.691. The molecular formula is C19H26F2N4O4S. The lowest BCUT2D eigenvalue weighted by Crippen LogP contribution is -2.63. The largest absolute Gasteiger partial charge is 0.444 e. The number of nitrogens with zero attached hydrogens (tertiary/aromatic N) is 2. The second-order valence-electron chi connectivity index (χ2n) is 9.02. The van der Waals surface area contributed by atoms with Crippen LogP contribution in [0.3, 0.4) is 0 Å². The zero-order valence-electron chi connectivity index (χ0n) is 17.3. The second-order valence-corrected chi connectivity index (χ2v) is 11.3. The number of aliphatic imine (C=N–C) groups is 1.